The first kappa shape index (κ1) is 17.6. The van der Waals surface area contributed by atoms with Gasteiger partial charge in [0.25, 0.3) is 0 Å². The Balaban J connectivity index is 2.16. The van der Waals surface area contributed by atoms with Crippen LogP contribution in [0.3, 0.4) is 0 Å². The van der Waals surface area contributed by atoms with Gasteiger partial charge in [-0.15, -0.1) is 0 Å². The molecule has 5 nitrogen and oxygen atoms in total. The van der Waals surface area contributed by atoms with Gasteiger partial charge in [0.05, 0.1) is 6.04 Å². The zero-order valence-corrected chi connectivity index (χ0v) is 14.6. The number of urea groups is 1. The lowest BCUT2D eigenvalue weighted by Crippen LogP contribution is -2.50. The summed E-state index contributed by atoms with van der Waals surface area (Å²) in [6, 6.07) is 6.73. The molecule has 1 heterocycles. The van der Waals surface area contributed by atoms with Crippen LogP contribution in [0.5, 0.6) is 0 Å². The number of carbonyl (C=O) groups is 2. The van der Waals surface area contributed by atoms with Crippen molar-refractivity contribution in [2.45, 2.75) is 38.8 Å². The quantitative estimate of drug-likeness (QED) is 0.887. The monoisotopic (exact) mass is 337 g/mol. The third-order valence-electron chi connectivity index (χ3n) is 4.25. The van der Waals surface area contributed by atoms with Crippen LogP contribution in [0.15, 0.2) is 24.3 Å². The third-order valence-corrected chi connectivity index (χ3v) is 4.59. The molecule has 3 amide bonds. The standard InChI is InChI=1S/C17H24ClN3O2/c1-11(2)15(12-7-4-5-8-13(12)18)20-17(23)21-10-6-9-14(21)16(22)19-3/h4-5,7-8,11,14-15H,6,9-10H2,1-3H3,(H,19,22)(H,20,23)/t14-,15+/m1/s1. The lowest BCUT2D eigenvalue weighted by molar-refractivity contribution is -0.124. The number of hydrogen-bond donors (Lipinski definition) is 2. The summed E-state index contributed by atoms with van der Waals surface area (Å²) in [6.07, 6.45) is 1.54. The van der Waals surface area contributed by atoms with Gasteiger partial charge in [0.1, 0.15) is 6.04 Å². The lowest BCUT2D eigenvalue weighted by Gasteiger charge is -2.29. The molecule has 1 aromatic carbocycles. The Hall–Kier alpha value is -1.75. The second-order valence-corrected chi connectivity index (χ2v) is 6.57. The summed E-state index contributed by atoms with van der Waals surface area (Å²) in [5.41, 5.74) is 0.896. The summed E-state index contributed by atoms with van der Waals surface area (Å²) in [5, 5.41) is 6.31. The van der Waals surface area contributed by atoms with Crippen molar-refractivity contribution >= 4 is 23.5 Å². The molecule has 1 aromatic rings. The zero-order chi connectivity index (χ0) is 17.0. The summed E-state index contributed by atoms with van der Waals surface area (Å²) >= 11 is 6.28. The number of hydrogen-bond acceptors (Lipinski definition) is 2. The van der Waals surface area contributed by atoms with Crippen molar-refractivity contribution in [3.63, 3.8) is 0 Å². The summed E-state index contributed by atoms with van der Waals surface area (Å²) in [5.74, 6) is 0.0661. The Labute approximate surface area is 142 Å². The topological polar surface area (TPSA) is 61.4 Å². The van der Waals surface area contributed by atoms with Crippen LogP contribution in [0.25, 0.3) is 0 Å². The van der Waals surface area contributed by atoms with Crippen molar-refractivity contribution < 1.29 is 9.59 Å². The summed E-state index contributed by atoms with van der Waals surface area (Å²) in [6.45, 7) is 4.67. The number of halogens is 1. The Morgan fingerprint density at radius 2 is 2.00 bits per heavy atom. The normalized spacial score (nSPS) is 18.8. The van der Waals surface area contributed by atoms with Crippen molar-refractivity contribution in [2.75, 3.05) is 13.6 Å². The van der Waals surface area contributed by atoms with E-state index in [4.69, 9.17) is 11.6 Å². The maximum Gasteiger partial charge on any atom is 0.318 e. The highest BCUT2D eigenvalue weighted by molar-refractivity contribution is 6.31. The molecule has 1 fully saturated rings. The lowest BCUT2D eigenvalue weighted by atomic mass is 9.96. The number of rotatable bonds is 4. The van der Waals surface area contributed by atoms with Crippen molar-refractivity contribution in [1.29, 1.82) is 0 Å². The Morgan fingerprint density at radius 3 is 2.61 bits per heavy atom. The van der Waals surface area contributed by atoms with Crippen LogP contribution < -0.4 is 10.6 Å². The van der Waals surface area contributed by atoms with Gasteiger partial charge in [0, 0.05) is 18.6 Å². The van der Waals surface area contributed by atoms with Crippen molar-refractivity contribution in [1.82, 2.24) is 15.5 Å². The Morgan fingerprint density at radius 1 is 1.30 bits per heavy atom. The summed E-state index contributed by atoms with van der Waals surface area (Å²) in [4.78, 5) is 26.2. The number of likely N-dealkylation sites (N-methyl/N-ethyl adjacent to an activating group) is 1. The van der Waals surface area contributed by atoms with Crippen LogP contribution in [0, 0.1) is 5.92 Å². The van der Waals surface area contributed by atoms with E-state index in [0.717, 1.165) is 12.0 Å². The van der Waals surface area contributed by atoms with Gasteiger partial charge in [-0.2, -0.15) is 0 Å². The molecule has 0 saturated carbocycles. The summed E-state index contributed by atoms with van der Waals surface area (Å²) in [7, 11) is 1.59. The maximum atomic E-state index is 12.7. The molecule has 2 rings (SSSR count). The number of carbonyl (C=O) groups excluding carboxylic acids is 2. The van der Waals surface area contributed by atoms with Gasteiger partial charge in [-0.3, -0.25) is 4.79 Å². The van der Waals surface area contributed by atoms with Gasteiger partial charge in [0.2, 0.25) is 5.91 Å². The van der Waals surface area contributed by atoms with Gasteiger partial charge in [-0.25, -0.2) is 4.79 Å². The molecule has 0 aliphatic carbocycles. The first-order chi connectivity index (χ1) is 11.0. The van der Waals surface area contributed by atoms with Gasteiger partial charge < -0.3 is 15.5 Å². The molecule has 126 valence electrons. The minimum atomic E-state index is -0.390. The summed E-state index contributed by atoms with van der Waals surface area (Å²) < 4.78 is 0. The van der Waals surface area contributed by atoms with E-state index in [1.54, 1.807) is 11.9 Å². The fraction of sp³-hybridized carbons (Fsp3) is 0.529. The van der Waals surface area contributed by atoms with E-state index in [2.05, 4.69) is 10.6 Å². The number of nitrogens with zero attached hydrogens (tertiary/aromatic N) is 1. The number of nitrogens with one attached hydrogen (secondary N) is 2. The highest BCUT2D eigenvalue weighted by atomic mass is 35.5. The molecule has 2 N–H and O–H groups in total. The van der Waals surface area contributed by atoms with E-state index in [1.807, 2.05) is 38.1 Å². The van der Waals surface area contributed by atoms with Gasteiger partial charge in [0.15, 0.2) is 0 Å². The molecule has 0 spiro atoms. The minimum absolute atomic E-state index is 0.114. The second kappa shape index (κ2) is 7.68. The van der Waals surface area contributed by atoms with Crippen molar-refractivity contribution in [2.24, 2.45) is 5.92 Å². The smallest absolute Gasteiger partial charge is 0.318 e. The fourth-order valence-electron chi connectivity index (χ4n) is 3.00. The van der Waals surface area contributed by atoms with Gasteiger partial charge in [-0.05, 0) is 30.4 Å². The van der Waals surface area contributed by atoms with E-state index in [0.29, 0.717) is 18.0 Å². The molecule has 0 radical (unpaired) electrons. The largest absolute Gasteiger partial charge is 0.357 e. The average Bonchev–Trinajstić information content (AvgIpc) is 3.02. The SMILES string of the molecule is CNC(=O)[C@H]1CCCN1C(=O)N[C@H](c1ccccc1Cl)C(C)C. The van der Waals surface area contributed by atoms with Crippen LogP contribution in [-0.4, -0.2) is 36.5 Å². The molecule has 0 aromatic heterocycles. The molecule has 1 aliphatic heterocycles. The third kappa shape index (κ3) is 3.96. The van der Waals surface area contributed by atoms with Gasteiger partial charge in [-0.1, -0.05) is 43.6 Å². The van der Waals surface area contributed by atoms with E-state index < -0.39 is 0 Å². The second-order valence-electron chi connectivity index (χ2n) is 6.16. The molecule has 0 unspecified atom stereocenters. The van der Waals surface area contributed by atoms with Crippen LogP contribution in [0.4, 0.5) is 4.79 Å². The van der Waals surface area contributed by atoms with Crippen molar-refractivity contribution in [3.8, 4) is 0 Å². The molecule has 6 heteroatoms. The number of amides is 3. The molecule has 1 aliphatic rings. The highest BCUT2D eigenvalue weighted by Crippen LogP contribution is 2.29. The minimum Gasteiger partial charge on any atom is -0.357 e. The molecule has 2 atom stereocenters. The predicted molar refractivity (Wildman–Crippen MR) is 91.4 cm³/mol. The van der Waals surface area contributed by atoms with E-state index in [9.17, 15) is 9.59 Å². The predicted octanol–water partition coefficient (Wildman–Crippen LogP) is 2.96. The maximum absolute atomic E-state index is 12.7. The highest BCUT2D eigenvalue weighted by Gasteiger charge is 2.35. The van der Waals surface area contributed by atoms with E-state index >= 15 is 0 Å². The average molecular weight is 338 g/mol. The van der Waals surface area contributed by atoms with Crippen LogP contribution in [0.2, 0.25) is 5.02 Å². The molecule has 23 heavy (non-hydrogen) atoms. The Bertz CT molecular complexity index is 577. The Kier molecular flexibility index (Phi) is 5.88. The van der Waals surface area contributed by atoms with E-state index in [1.165, 1.54) is 0 Å². The fourth-order valence-corrected chi connectivity index (χ4v) is 3.25. The van der Waals surface area contributed by atoms with Crippen LogP contribution in [0.1, 0.15) is 38.3 Å². The zero-order valence-electron chi connectivity index (χ0n) is 13.8. The van der Waals surface area contributed by atoms with Crippen molar-refractivity contribution in [3.05, 3.63) is 34.9 Å². The van der Waals surface area contributed by atoms with Gasteiger partial charge >= 0.3 is 6.03 Å². The first-order valence-corrected chi connectivity index (χ1v) is 8.36. The van der Waals surface area contributed by atoms with Crippen LogP contribution in [-0.2, 0) is 4.79 Å². The molecular formula is C17H24ClN3O2. The van der Waals surface area contributed by atoms with E-state index in [-0.39, 0.29) is 29.9 Å². The number of likely N-dealkylation sites (tertiary alicyclic amines) is 1. The number of benzene rings is 1. The van der Waals surface area contributed by atoms with Crippen LogP contribution >= 0.6 is 11.6 Å². The molecule has 1 saturated heterocycles. The molecular weight excluding hydrogens is 314 g/mol. The first-order valence-electron chi connectivity index (χ1n) is 7.98. The molecule has 0 bridgehead atoms.